The fourth-order valence-corrected chi connectivity index (χ4v) is 2.75. The molecular weight excluding hydrogens is 395 g/mol. The van der Waals surface area contributed by atoms with Crippen LogP contribution in [0.2, 0.25) is 0 Å². The molecule has 3 N–H and O–H groups in total. The van der Waals surface area contributed by atoms with Gasteiger partial charge in [0.25, 0.3) is 0 Å². The van der Waals surface area contributed by atoms with Crippen LogP contribution in [0.15, 0.2) is 36.5 Å². The molecule has 0 heterocycles. The van der Waals surface area contributed by atoms with Gasteiger partial charge >= 0.3 is 13.8 Å². The van der Waals surface area contributed by atoms with Crippen LogP contribution in [0.3, 0.4) is 0 Å². The number of rotatable bonds is 18. The first kappa shape index (κ1) is 27.8. The van der Waals surface area contributed by atoms with Crippen LogP contribution in [0.1, 0.15) is 71.1 Å². The number of carbonyl (C=O) groups is 1. The Hall–Kier alpha value is -1.24. The summed E-state index contributed by atoms with van der Waals surface area (Å²) in [6.07, 6.45) is 21.2. The molecule has 8 heteroatoms. The number of carbonyl (C=O) groups excluding carboxylic acids is 1. The van der Waals surface area contributed by atoms with E-state index < -0.39 is 26.5 Å². The third-order valence-corrected chi connectivity index (χ3v) is 4.39. The summed E-state index contributed by atoms with van der Waals surface area (Å²) in [6.45, 7) is 1.21. The van der Waals surface area contributed by atoms with E-state index in [4.69, 9.17) is 14.5 Å². The van der Waals surface area contributed by atoms with Gasteiger partial charge in [0, 0.05) is 6.42 Å². The van der Waals surface area contributed by atoms with Gasteiger partial charge in [-0.1, -0.05) is 62.6 Å². The van der Waals surface area contributed by atoms with Crippen molar-refractivity contribution in [3.63, 3.8) is 0 Å². The Balaban J connectivity index is 3.47. The van der Waals surface area contributed by atoms with Crippen LogP contribution in [-0.2, 0) is 18.6 Å². The Labute approximate surface area is 174 Å². The molecule has 0 aromatic heterocycles. The van der Waals surface area contributed by atoms with Gasteiger partial charge in [0.05, 0.1) is 6.61 Å². The van der Waals surface area contributed by atoms with Crippen molar-refractivity contribution in [3.8, 4) is 0 Å². The highest BCUT2D eigenvalue weighted by molar-refractivity contribution is 7.46. The first-order valence-electron chi connectivity index (χ1n) is 10.3. The van der Waals surface area contributed by atoms with Crippen molar-refractivity contribution in [1.29, 1.82) is 0 Å². The monoisotopic (exact) mass is 432 g/mol. The molecule has 0 aliphatic carbocycles. The van der Waals surface area contributed by atoms with Crippen molar-refractivity contribution in [2.75, 3.05) is 13.2 Å². The summed E-state index contributed by atoms with van der Waals surface area (Å²) in [6, 6.07) is 0. The van der Waals surface area contributed by atoms with Gasteiger partial charge in [0.15, 0.2) is 0 Å². The third kappa shape index (κ3) is 22.9. The molecule has 0 fully saturated rings. The number of hydrogen-bond donors (Lipinski definition) is 3. The Morgan fingerprint density at radius 3 is 2.14 bits per heavy atom. The van der Waals surface area contributed by atoms with Gasteiger partial charge in [-0.25, -0.2) is 4.57 Å². The highest BCUT2D eigenvalue weighted by Gasteiger charge is 2.17. The lowest BCUT2D eigenvalue weighted by Gasteiger charge is -2.12. The maximum atomic E-state index is 11.5. The average Bonchev–Trinajstić information content (AvgIpc) is 2.67. The highest BCUT2D eigenvalue weighted by atomic mass is 31.2. The zero-order valence-electron chi connectivity index (χ0n) is 17.4. The van der Waals surface area contributed by atoms with E-state index in [1.165, 1.54) is 0 Å². The molecule has 7 nitrogen and oxygen atoms in total. The number of unbranched alkanes of at least 4 members (excludes halogenated alkanes) is 5. The van der Waals surface area contributed by atoms with Crippen molar-refractivity contribution in [3.05, 3.63) is 36.5 Å². The summed E-state index contributed by atoms with van der Waals surface area (Å²) < 4.78 is 19.5. The lowest BCUT2D eigenvalue weighted by molar-refractivity contribution is -0.147. The second kappa shape index (κ2) is 18.8. The predicted octanol–water partition coefficient (Wildman–Crippen LogP) is 4.59. The van der Waals surface area contributed by atoms with Crippen LogP contribution in [0.5, 0.6) is 0 Å². The van der Waals surface area contributed by atoms with Crippen molar-refractivity contribution in [2.45, 2.75) is 77.2 Å². The summed E-state index contributed by atoms with van der Waals surface area (Å²) in [5, 5.41) is 9.41. The topological polar surface area (TPSA) is 113 Å². The van der Waals surface area contributed by atoms with E-state index in [0.29, 0.717) is 0 Å². The van der Waals surface area contributed by atoms with Gasteiger partial charge in [-0.2, -0.15) is 0 Å². The van der Waals surface area contributed by atoms with E-state index >= 15 is 0 Å². The second-order valence-corrected chi connectivity index (χ2v) is 7.96. The van der Waals surface area contributed by atoms with Crippen molar-refractivity contribution in [1.82, 2.24) is 0 Å². The maximum Gasteiger partial charge on any atom is 0.469 e. The Morgan fingerprint density at radius 2 is 1.48 bits per heavy atom. The van der Waals surface area contributed by atoms with Crippen LogP contribution < -0.4 is 0 Å². The molecule has 0 bridgehead atoms. The molecule has 0 rings (SSSR count). The Kier molecular flexibility index (Phi) is 18.0. The van der Waals surface area contributed by atoms with Gasteiger partial charge < -0.3 is 19.6 Å². The minimum atomic E-state index is -4.62. The Morgan fingerprint density at radius 1 is 0.897 bits per heavy atom. The number of allylic oxidation sites excluding steroid dienone is 6. The smallest absolute Gasteiger partial charge is 0.463 e. The highest BCUT2D eigenvalue weighted by Crippen LogP contribution is 2.35. The van der Waals surface area contributed by atoms with Crippen molar-refractivity contribution >= 4 is 13.8 Å². The van der Waals surface area contributed by atoms with Gasteiger partial charge in [0.2, 0.25) is 0 Å². The molecule has 29 heavy (non-hydrogen) atoms. The number of phosphoric acid groups is 1. The summed E-state index contributed by atoms with van der Waals surface area (Å²) >= 11 is 0. The number of aliphatic hydroxyl groups excluding tert-OH is 1. The fourth-order valence-electron chi connectivity index (χ4n) is 2.38. The third-order valence-electron chi connectivity index (χ3n) is 3.90. The first-order valence-corrected chi connectivity index (χ1v) is 11.9. The lowest BCUT2D eigenvalue weighted by atomic mass is 10.1. The predicted molar refractivity (Wildman–Crippen MR) is 114 cm³/mol. The lowest BCUT2D eigenvalue weighted by Crippen LogP contribution is -2.23. The van der Waals surface area contributed by atoms with Crippen LogP contribution >= 0.6 is 7.82 Å². The van der Waals surface area contributed by atoms with Gasteiger partial charge in [0.1, 0.15) is 12.7 Å². The molecule has 0 aromatic carbocycles. The summed E-state index contributed by atoms with van der Waals surface area (Å²) in [5.41, 5.74) is 0. The number of phosphoric ester groups is 1. The van der Waals surface area contributed by atoms with Crippen LogP contribution in [0, 0.1) is 0 Å². The van der Waals surface area contributed by atoms with Crippen molar-refractivity contribution in [2.24, 2.45) is 0 Å². The summed E-state index contributed by atoms with van der Waals surface area (Å²) in [5.74, 6) is -0.429. The number of aliphatic hydroxyl groups is 1. The second-order valence-electron chi connectivity index (χ2n) is 6.72. The largest absolute Gasteiger partial charge is 0.469 e. The standard InChI is InChI=1S/C21H37O7P/c1-2-3-4-5-6-7-8-9-10-11-12-13-14-15-16-17-21(23)27-18-20(22)19-28-29(24,25)26/h3-4,6-7,9-10,20,22H,2,5,8,11-19H2,1H3,(H2,24,25,26)/b4-3+,7-6+,10-9+. The zero-order valence-corrected chi connectivity index (χ0v) is 18.3. The van der Waals surface area contributed by atoms with E-state index in [1.54, 1.807) is 0 Å². The van der Waals surface area contributed by atoms with Crippen LogP contribution in [-0.4, -0.2) is 40.2 Å². The van der Waals surface area contributed by atoms with Gasteiger partial charge in [-0.3, -0.25) is 9.32 Å². The van der Waals surface area contributed by atoms with E-state index in [0.717, 1.165) is 57.8 Å². The average molecular weight is 432 g/mol. The molecule has 0 radical (unpaired) electrons. The van der Waals surface area contributed by atoms with E-state index in [9.17, 15) is 14.5 Å². The van der Waals surface area contributed by atoms with E-state index in [2.05, 4.69) is 47.9 Å². The molecule has 168 valence electrons. The maximum absolute atomic E-state index is 11.5. The summed E-state index contributed by atoms with van der Waals surface area (Å²) in [7, 11) is -4.62. The molecule has 0 aliphatic rings. The minimum Gasteiger partial charge on any atom is -0.463 e. The molecule has 0 amide bonds. The molecular formula is C21H37O7P. The van der Waals surface area contributed by atoms with Gasteiger partial charge in [-0.05, 0) is 38.5 Å². The molecule has 0 saturated carbocycles. The Bertz CT molecular complexity index is 537. The number of hydrogen-bond acceptors (Lipinski definition) is 5. The molecule has 0 spiro atoms. The normalized spacial score (nSPS) is 13.7. The van der Waals surface area contributed by atoms with E-state index in [1.807, 2.05) is 0 Å². The fraction of sp³-hybridized carbons (Fsp3) is 0.667. The minimum absolute atomic E-state index is 0.270. The van der Waals surface area contributed by atoms with E-state index in [-0.39, 0.29) is 13.0 Å². The first-order chi connectivity index (χ1) is 13.8. The summed E-state index contributed by atoms with van der Waals surface area (Å²) in [4.78, 5) is 28.6. The van der Waals surface area contributed by atoms with Gasteiger partial charge in [-0.15, -0.1) is 0 Å². The van der Waals surface area contributed by atoms with Crippen LogP contribution in [0.25, 0.3) is 0 Å². The van der Waals surface area contributed by atoms with Crippen LogP contribution in [0.4, 0.5) is 0 Å². The number of esters is 1. The quantitative estimate of drug-likeness (QED) is 0.126. The molecule has 0 saturated heterocycles. The molecule has 1 atom stereocenters. The molecule has 1 unspecified atom stereocenters. The number of ether oxygens (including phenoxy) is 1. The van der Waals surface area contributed by atoms with Crippen molar-refractivity contribution < 1.29 is 33.5 Å². The SMILES string of the molecule is CC/C=C/C/C=C/C/C=C/CCCCCCCC(=O)OCC(O)COP(=O)(O)O. The zero-order chi connectivity index (χ0) is 21.8. The molecule has 0 aliphatic heterocycles. The molecule has 0 aromatic rings.